The fraction of sp³-hybridized carbons (Fsp3) is 0.286. The van der Waals surface area contributed by atoms with Crippen LogP contribution in [0.3, 0.4) is 0 Å². The Labute approximate surface area is 125 Å². The molecule has 19 heavy (non-hydrogen) atoms. The molecule has 2 aromatic rings. The number of alkyl halides is 1. The molecule has 0 fully saturated rings. The second kappa shape index (κ2) is 5.23. The van der Waals surface area contributed by atoms with Gasteiger partial charge in [-0.05, 0) is 35.6 Å². The molecule has 0 radical (unpaired) electrons. The highest BCUT2D eigenvalue weighted by Gasteiger charge is 2.20. The Morgan fingerprint density at radius 1 is 1.21 bits per heavy atom. The average molecular weight is 315 g/mol. The summed E-state index contributed by atoms with van der Waals surface area (Å²) in [5.74, 6) is 1.52. The van der Waals surface area contributed by atoms with E-state index in [9.17, 15) is 0 Å². The Balaban J connectivity index is 1.95. The predicted molar refractivity (Wildman–Crippen MR) is 79.2 cm³/mol. The van der Waals surface area contributed by atoms with Crippen LogP contribution in [0.2, 0.25) is 5.02 Å². The van der Waals surface area contributed by atoms with Gasteiger partial charge in [0.15, 0.2) is 11.5 Å². The quantitative estimate of drug-likeness (QED) is 0.741. The maximum Gasteiger partial charge on any atom is 0.161 e. The number of fused-ring (bicyclic) bond motifs is 1. The molecular formula is C14H12Cl2O2S. The summed E-state index contributed by atoms with van der Waals surface area (Å²) in [7, 11) is 0. The average Bonchev–Trinajstić information content (AvgIpc) is 2.78. The van der Waals surface area contributed by atoms with E-state index in [4.69, 9.17) is 32.7 Å². The third-order valence-corrected chi connectivity index (χ3v) is 5.39. The lowest BCUT2D eigenvalue weighted by atomic mass is 10.1. The lowest BCUT2D eigenvalue weighted by Crippen LogP contribution is -2.15. The van der Waals surface area contributed by atoms with Crippen LogP contribution in [-0.4, -0.2) is 13.2 Å². The maximum atomic E-state index is 6.52. The van der Waals surface area contributed by atoms with E-state index in [1.54, 1.807) is 11.3 Å². The van der Waals surface area contributed by atoms with Gasteiger partial charge in [0.25, 0.3) is 0 Å². The van der Waals surface area contributed by atoms with Gasteiger partial charge in [-0.3, -0.25) is 0 Å². The maximum absolute atomic E-state index is 6.52. The number of hydrogen-bond donors (Lipinski definition) is 0. The largest absolute Gasteiger partial charge is 0.486 e. The summed E-state index contributed by atoms with van der Waals surface area (Å²) in [4.78, 5) is 0.970. The van der Waals surface area contributed by atoms with Gasteiger partial charge in [-0.1, -0.05) is 17.7 Å². The molecule has 3 rings (SSSR count). The highest BCUT2D eigenvalue weighted by molar-refractivity contribution is 7.11. The molecule has 1 aliphatic rings. The summed E-state index contributed by atoms with van der Waals surface area (Å²) in [5, 5.41) is 2.51. The van der Waals surface area contributed by atoms with Crippen LogP contribution in [-0.2, 0) is 0 Å². The molecule has 0 saturated heterocycles. The van der Waals surface area contributed by atoms with Crippen LogP contribution in [0.1, 0.15) is 21.4 Å². The Hall–Kier alpha value is -0.900. The van der Waals surface area contributed by atoms with Crippen molar-refractivity contribution in [1.29, 1.82) is 0 Å². The predicted octanol–water partition coefficient (Wildman–Crippen LogP) is 4.81. The Kier molecular flexibility index (Phi) is 3.61. The molecule has 1 aliphatic heterocycles. The van der Waals surface area contributed by atoms with Crippen LogP contribution >= 0.6 is 34.5 Å². The molecule has 0 spiro atoms. The highest BCUT2D eigenvalue weighted by atomic mass is 35.5. The first kappa shape index (κ1) is 13.1. The van der Waals surface area contributed by atoms with Gasteiger partial charge in [0.05, 0.1) is 10.4 Å². The number of hydrogen-bond acceptors (Lipinski definition) is 3. The van der Waals surface area contributed by atoms with Gasteiger partial charge < -0.3 is 9.47 Å². The molecule has 2 nitrogen and oxygen atoms in total. The monoisotopic (exact) mass is 314 g/mol. The first-order valence-electron chi connectivity index (χ1n) is 5.94. The topological polar surface area (TPSA) is 18.5 Å². The second-order valence-corrected chi connectivity index (χ2v) is 6.09. The molecular weight excluding hydrogens is 303 g/mol. The van der Waals surface area contributed by atoms with Gasteiger partial charge in [-0.25, -0.2) is 0 Å². The number of halogens is 2. The van der Waals surface area contributed by atoms with E-state index in [2.05, 4.69) is 0 Å². The van der Waals surface area contributed by atoms with E-state index in [0.717, 1.165) is 32.5 Å². The number of rotatable bonds is 2. The van der Waals surface area contributed by atoms with Crippen LogP contribution in [0.4, 0.5) is 0 Å². The summed E-state index contributed by atoms with van der Waals surface area (Å²) < 4.78 is 11.1. The van der Waals surface area contributed by atoms with Crippen LogP contribution in [0.5, 0.6) is 11.5 Å². The fourth-order valence-electron chi connectivity index (χ4n) is 1.99. The van der Waals surface area contributed by atoms with Crippen LogP contribution in [0.15, 0.2) is 23.6 Å². The molecule has 0 amide bonds. The molecule has 5 heteroatoms. The molecule has 100 valence electrons. The van der Waals surface area contributed by atoms with Gasteiger partial charge in [0, 0.05) is 4.88 Å². The molecule has 0 saturated carbocycles. The summed E-state index contributed by atoms with van der Waals surface area (Å²) in [6, 6.07) is 5.78. The summed E-state index contributed by atoms with van der Waals surface area (Å²) >= 11 is 14.4. The summed E-state index contributed by atoms with van der Waals surface area (Å²) in [5.41, 5.74) is 2.03. The van der Waals surface area contributed by atoms with Crippen molar-refractivity contribution in [1.82, 2.24) is 0 Å². The van der Waals surface area contributed by atoms with Crippen molar-refractivity contribution in [2.24, 2.45) is 0 Å². The smallest absolute Gasteiger partial charge is 0.161 e. The normalized spacial score (nSPS) is 15.3. The summed E-state index contributed by atoms with van der Waals surface area (Å²) in [6.07, 6.45) is 0. The molecule has 1 aromatic carbocycles. The Bertz CT molecular complexity index is 609. The van der Waals surface area contributed by atoms with Crippen molar-refractivity contribution in [3.05, 3.63) is 44.6 Å². The molecule has 1 unspecified atom stereocenters. The SMILES string of the molecule is Cc1csc(C(Cl)c2ccc3c(c2)OCCO3)c1Cl. The Morgan fingerprint density at radius 3 is 2.63 bits per heavy atom. The van der Waals surface area contributed by atoms with E-state index in [1.165, 1.54) is 0 Å². The van der Waals surface area contributed by atoms with E-state index in [1.807, 2.05) is 30.5 Å². The standard InChI is InChI=1S/C14H12Cl2O2S/c1-8-7-19-14(12(8)15)13(16)9-2-3-10-11(6-9)18-5-4-17-10/h2-3,6-7,13H,4-5H2,1H3. The van der Waals surface area contributed by atoms with Crippen molar-refractivity contribution < 1.29 is 9.47 Å². The molecule has 1 aromatic heterocycles. The second-order valence-electron chi connectivity index (χ2n) is 4.36. The van der Waals surface area contributed by atoms with Gasteiger partial charge >= 0.3 is 0 Å². The third kappa shape index (κ3) is 2.42. The van der Waals surface area contributed by atoms with Crippen molar-refractivity contribution in [3.63, 3.8) is 0 Å². The van der Waals surface area contributed by atoms with Gasteiger partial charge in [-0.15, -0.1) is 22.9 Å². The minimum Gasteiger partial charge on any atom is -0.486 e. The minimum absolute atomic E-state index is 0.262. The van der Waals surface area contributed by atoms with Crippen molar-refractivity contribution in [3.8, 4) is 11.5 Å². The van der Waals surface area contributed by atoms with Crippen LogP contribution in [0.25, 0.3) is 0 Å². The minimum atomic E-state index is -0.262. The van der Waals surface area contributed by atoms with Gasteiger partial charge in [0.1, 0.15) is 13.2 Å². The number of ether oxygens (including phenoxy) is 2. The zero-order valence-corrected chi connectivity index (χ0v) is 12.6. The first-order valence-corrected chi connectivity index (χ1v) is 7.63. The Morgan fingerprint density at radius 2 is 1.95 bits per heavy atom. The molecule has 2 heterocycles. The number of aryl methyl sites for hydroxylation is 1. The van der Waals surface area contributed by atoms with Gasteiger partial charge in [-0.2, -0.15) is 0 Å². The van der Waals surface area contributed by atoms with E-state index in [-0.39, 0.29) is 5.38 Å². The zero-order chi connectivity index (χ0) is 13.4. The van der Waals surface area contributed by atoms with Crippen LogP contribution in [0, 0.1) is 6.92 Å². The van der Waals surface area contributed by atoms with E-state index >= 15 is 0 Å². The highest BCUT2D eigenvalue weighted by Crippen LogP contribution is 2.42. The zero-order valence-electron chi connectivity index (χ0n) is 10.3. The first-order chi connectivity index (χ1) is 9.16. The van der Waals surface area contributed by atoms with E-state index in [0.29, 0.717) is 13.2 Å². The molecule has 1 atom stereocenters. The number of benzene rings is 1. The van der Waals surface area contributed by atoms with Gasteiger partial charge in [0.2, 0.25) is 0 Å². The lowest BCUT2D eigenvalue weighted by molar-refractivity contribution is 0.171. The fourth-order valence-corrected chi connectivity index (χ4v) is 3.75. The molecule has 0 bridgehead atoms. The van der Waals surface area contributed by atoms with Crippen molar-refractivity contribution >= 4 is 34.5 Å². The van der Waals surface area contributed by atoms with Crippen molar-refractivity contribution in [2.45, 2.75) is 12.3 Å². The summed E-state index contributed by atoms with van der Waals surface area (Å²) in [6.45, 7) is 3.14. The van der Waals surface area contributed by atoms with Crippen molar-refractivity contribution in [2.75, 3.05) is 13.2 Å². The molecule has 0 aliphatic carbocycles. The lowest BCUT2D eigenvalue weighted by Gasteiger charge is -2.20. The third-order valence-electron chi connectivity index (χ3n) is 3.01. The number of thiophene rings is 1. The molecule has 0 N–H and O–H groups in total. The van der Waals surface area contributed by atoms with E-state index < -0.39 is 0 Å². The van der Waals surface area contributed by atoms with Crippen LogP contribution < -0.4 is 9.47 Å².